The summed E-state index contributed by atoms with van der Waals surface area (Å²) in [5.41, 5.74) is 0. The van der Waals surface area contributed by atoms with E-state index >= 15 is 0 Å². The van der Waals surface area contributed by atoms with Crippen LogP contribution in [-0.2, 0) is 11.8 Å². The van der Waals surface area contributed by atoms with Crippen LogP contribution in [0.15, 0.2) is 30.3 Å². The first kappa shape index (κ1) is 12.2. The van der Waals surface area contributed by atoms with Gasteiger partial charge in [-0.15, -0.1) is 0 Å². The van der Waals surface area contributed by atoms with Crippen molar-refractivity contribution in [2.45, 2.75) is 19.6 Å². The second-order valence-corrected chi connectivity index (χ2v) is 16.7. The smallest absolute Gasteiger partial charge is 0.0498 e. The minimum absolute atomic E-state index is 1.03. The monoisotopic (exact) mass is 242 g/mol. The van der Waals surface area contributed by atoms with Gasteiger partial charge in [0.25, 0.3) is 0 Å². The van der Waals surface area contributed by atoms with E-state index in [2.05, 4.69) is 56.6 Å². The van der Waals surface area contributed by atoms with Crippen LogP contribution in [0.3, 0.4) is 0 Å². The molecule has 0 nitrogen and oxygen atoms in total. The van der Waals surface area contributed by atoms with E-state index in [1.165, 1.54) is 11.1 Å². The Morgan fingerprint density at radius 3 is 2.07 bits per heavy atom. The van der Waals surface area contributed by atoms with Crippen molar-refractivity contribution in [3.8, 4) is 0 Å². The molecule has 0 saturated carbocycles. The van der Waals surface area contributed by atoms with Crippen molar-refractivity contribution < 1.29 is 0 Å². The summed E-state index contributed by atoms with van der Waals surface area (Å²) in [5, 5.41) is 1.40. The lowest BCUT2D eigenvalue weighted by molar-refractivity contribution is 1.65. The Morgan fingerprint density at radius 1 is 1.14 bits per heavy atom. The molecule has 0 amide bonds. The van der Waals surface area contributed by atoms with E-state index in [0.29, 0.717) is 0 Å². The molecular weight excluding hydrogens is 223 g/mol. The van der Waals surface area contributed by atoms with Crippen molar-refractivity contribution in [3.63, 3.8) is 0 Å². The second-order valence-electron chi connectivity index (χ2n) is 5.16. The lowest BCUT2D eigenvalue weighted by Gasteiger charge is -2.25. The third kappa shape index (κ3) is 3.68. The molecule has 0 N–H and O–H groups in total. The lowest BCUT2D eigenvalue weighted by Crippen LogP contribution is -2.28. The number of rotatable bonds is 3. The van der Waals surface area contributed by atoms with Gasteiger partial charge in [0.1, 0.15) is 0 Å². The summed E-state index contributed by atoms with van der Waals surface area (Å²) in [5.74, 6) is 1.28. The molecule has 0 aliphatic heterocycles. The molecule has 1 atom stereocenters. The zero-order valence-electron chi connectivity index (χ0n) is 9.45. The van der Waals surface area contributed by atoms with E-state index in [-0.39, 0.29) is 0 Å². The third-order valence-electron chi connectivity index (χ3n) is 2.08. The van der Waals surface area contributed by atoms with Gasteiger partial charge in [0.05, 0.1) is 0 Å². The first-order chi connectivity index (χ1) is 6.31. The van der Waals surface area contributed by atoms with Gasteiger partial charge in [-0.3, -0.25) is 0 Å². The maximum absolute atomic E-state index is 5.80. The molecule has 0 spiro atoms. The number of hydrogen-bond acceptors (Lipinski definition) is 1. The van der Waals surface area contributed by atoms with E-state index in [1.54, 1.807) is 0 Å². The van der Waals surface area contributed by atoms with Gasteiger partial charge in [-0.2, -0.15) is 0 Å². The summed E-state index contributed by atoms with van der Waals surface area (Å²) >= 11 is 5.80. The zero-order chi connectivity index (χ0) is 10.8. The predicted octanol–water partition coefficient (Wildman–Crippen LogP) is 3.30. The molecule has 0 bridgehead atoms. The van der Waals surface area contributed by atoms with Gasteiger partial charge in [-0.1, -0.05) is 61.8 Å². The Kier molecular flexibility index (Phi) is 3.73. The van der Waals surface area contributed by atoms with Crippen LogP contribution in [0.5, 0.6) is 0 Å². The molecule has 0 aliphatic carbocycles. The average molecular weight is 242 g/mol. The summed E-state index contributed by atoms with van der Waals surface area (Å²) in [6, 6.07) is 9.38. The molecule has 1 unspecified atom stereocenters. The van der Waals surface area contributed by atoms with Gasteiger partial charge >= 0.3 is 0 Å². The molecule has 14 heavy (non-hydrogen) atoms. The molecule has 0 aromatic heterocycles. The van der Waals surface area contributed by atoms with Gasteiger partial charge in [0, 0.05) is 8.07 Å². The summed E-state index contributed by atoms with van der Waals surface area (Å²) in [6.45, 7) is 9.50. The minimum Gasteiger partial charge on any atom is -0.0931 e. The lowest BCUT2D eigenvalue weighted by atomic mass is 10.4. The fraction of sp³-hybridized carbons (Fsp3) is 0.455. The van der Waals surface area contributed by atoms with Crippen LogP contribution < -0.4 is 5.30 Å². The quantitative estimate of drug-likeness (QED) is 0.579. The molecule has 0 radical (unpaired) electrons. The van der Waals surface area contributed by atoms with Crippen molar-refractivity contribution in [2.24, 2.45) is 0 Å². The first-order valence-electron chi connectivity index (χ1n) is 4.93. The Morgan fingerprint density at radius 2 is 1.64 bits per heavy atom. The van der Waals surface area contributed by atoms with Crippen LogP contribution in [0, 0.1) is 0 Å². The van der Waals surface area contributed by atoms with E-state index in [1.807, 2.05) is 0 Å². The summed E-state index contributed by atoms with van der Waals surface area (Å²) in [6.07, 6.45) is 0. The second kappa shape index (κ2) is 4.30. The molecule has 1 rings (SSSR count). The minimum atomic E-state index is -1.27. The highest BCUT2D eigenvalue weighted by Crippen LogP contribution is 2.42. The number of benzene rings is 1. The van der Waals surface area contributed by atoms with Crippen LogP contribution in [0.4, 0.5) is 0 Å². The zero-order valence-corrected chi connectivity index (χ0v) is 12.2. The highest BCUT2D eigenvalue weighted by Gasteiger charge is 2.23. The van der Waals surface area contributed by atoms with Crippen LogP contribution in [0.2, 0.25) is 19.6 Å². The van der Waals surface area contributed by atoms with Crippen molar-refractivity contribution in [1.82, 2.24) is 0 Å². The van der Waals surface area contributed by atoms with Crippen LogP contribution in [0.1, 0.15) is 0 Å². The molecule has 0 aliphatic rings. The topological polar surface area (TPSA) is 0 Å². The van der Waals surface area contributed by atoms with Gasteiger partial charge < -0.3 is 0 Å². The maximum Gasteiger partial charge on any atom is 0.0498 e. The Labute approximate surface area is 93.8 Å². The summed E-state index contributed by atoms with van der Waals surface area (Å²) in [7, 11) is -1.03. The summed E-state index contributed by atoms with van der Waals surface area (Å²) in [4.78, 5) is 0. The fourth-order valence-corrected chi connectivity index (χ4v) is 14.4. The molecule has 3 heteroatoms. The predicted molar refractivity (Wildman–Crippen MR) is 74.5 cm³/mol. The van der Waals surface area contributed by atoms with Crippen molar-refractivity contribution >= 4 is 31.2 Å². The molecule has 1 aromatic carbocycles. The van der Waals surface area contributed by atoms with Crippen molar-refractivity contribution in [1.29, 1.82) is 0 Å². The molecule has 78 valence electrons. The van der Waals surface area contributed by atoms with Crippen molar-refractivity contribution in [3.05, 3.63) is 30.3 Å². The van der Waals surface area contributed by atoms with E-state index in [0.717, 1.165) is 0 Å². The molecule has 0 heterocycles. The van der Waals surface area contributed by atoms with Crippen LogP contribution >= 0.6 is 6.04 Å². The molecule has 0 saturated heterocycles. The molecule has 0 fully saturated rings. The van der Waals surface area contributed by atoms with E-state index in [9.17, 15) is 0 Å². The Balaban J connectivity index is 2.93. The maximum atomic E-state index is 5.80. The molecule has 1 aromatic rings. The normalized spacial score (nSPS) is 16.3. The van der Waals surface area contributed by atoms with Gasteiger partial charge in [-0.05, 0) is 23.8 Å². The third-order valence-corrected chi connectivity index (χ3v) is 11.5. The van der Waals surface area contributed by atoms with Gasteiger partial charge in [0.2, 0.25) is 0 Å². The standard InChI is InChI=1S/C11H19PSSi/c1-12(13,10-14(2,3)4)11-8-6-5-7-9-11/h5-9H,10H2,1-4H3. The molecular formula is C11H19PSSi. The SMILES string of the molecule is C[Si](C)(C)CP(C)(=S)c1ccccc1. The highest BCUT2D eigenvalue weighted by molar-refractivity contribution is 8.18. The average Bonchev–Trinajstić information content (AvgIpc) is 2.01. The van der Waals surface area contributed by atoms with E-state index in [4.69, 9.17) is 11.8 Å². The Bertz CT molecular complexity index is 340. The first-order valence-corrected chi connectivity index (χ1v) is 12.1. The van der Waals surface area contributed by atoms with Crippen LogP contribution in [0.25, 0.3) is 0 Å². The fourth-order valence-electron chi connectivity index (χ4n) is 1.74. The largest absolute Gasteiger partial charge is 0.0931 e. The van der Waals surface area contributed by atoms with Gasteiger partial charge in [-0.25, -0.2) is 0 Å². The van der Waals surface area contributed by atoms with E-state index < -0.39 is 14.1 Å². The van der Waals surface area contributed by atoms with Crippen LogP contribution in [-0.4, -0.2) is 20.5 Å². The van der Waals surface area contributed by atoms with Crippen molar-refractivity contribution in [2.75, 3.05) is 12.5 Å². The summed E-state index contributed by atoms with van der Waals surface area (Å²) < 4.78 is 0. The Hall–Kier alpha value is 0.0869. The van der Waals surface area contributed by atoms with Gasteiger partial charge in [0.15, 0.2) is 0 Å². The number of hydrogen-bond donors (Lipinski definition) is 0. The highest BCUT2D eigenvalue weighted by atomic mass is 32.4.